The third-order valence-corrected chi connectivity index (χ3v) is 4.45. The second-order valence-corrected chi connectivity index (χ2v) is 7.27. The highest BCUT2D eigenvalue weighted by Crippen LogP contribution is 2.17. The molecule has 0 saturated heterocycles. The lowest BCUT2D eigenvalue weighted by atomic mass is 10.3. The molecular weight excluding hydrogens is 387 g/mol. The maximum absolute atomic E-state index is 11.9. The maximum atomic E-state index is 11.9. The largest absolute Gasteiger partial charge is 0.290 e. The Morgan fingerprint density at radius 3 is 2.58 bits per heavy atom. The van der Waals surface area contributed by atoms with E-state index in [9.17, 15) is 4.79 Å². The Kier molecular flexibility index (Phi) is 8.24. The van der Waals surface area contributed by atoms with E-state index in [4.69, 9.17) is 23.2 Å². The summed E-state index contributed by atoms with van der Waals surface area (Å²) in [6, 6.07) is 3.52. The number of nitrogens with zero attached hydrogens (tertiary/aromatic N) is 4. The Bertz CT molecular complexity index is 694. The van der Waals surface area contributed by atoms with Gasteiger partial charge < -0.3 is 0 Å². The number of hydrogen-bond donors (Lipinski definition) is 0. The fourth-order valence-corrected chi connectivity index (χ4v) is 3.07. The molecule has 0 saturated carbocycles. The molecule has 0 radical (unpaired) electrons. The van der Waals surface area contributed by atoms with Crippen LogP contribution in [-0.2, 0) is 4.79 Å². The van der Waals surface area contributed by atoms with Gasteiger partial charge in [0, 0.05) is 6.20 Å². The zero-order valence-corrected chi connectivity index (χ0v) is 15.4. The molecule has 2 aromatic rings. The van der Waals surface area contributed by atoms with Gasteiger partial charge >= 0.3 is 0 Å². The van der Waals surface area contributed by atoms with Crippen molar-refractivity contribution in [2.24, 2.45) is 0 Å². The molecule has 2 heterocycles. The minimum absolute atomic E-state index is 0.195. The number of carbonyl (C=O) groups is 1. The van der Waals surface area contributed by atoms with E-state index in [1.54, 1.807) is 30.5 Å². The van der Waals surface area contributed by atoms with Crippen molar-refractivity contribution in [1.82, 2.24) is 19.9 Å². The zero-order valence-electron chi connectivity index (χ0n) is 12.3. The summed E-state index contributed by atoms with van der Waals surface area (Å²) < 4.78 is 0. The Morgan fingerprint density at radius 1 is 1.04 bits per heavy atom. The Labute approximate surface area is 158 Å². The molecular formula is C15H12Cl2N4OS2. The second kappa shape index (κ2) is 10.5. The summed E-state index contributed by atoms with van der Waals surface area (Å²) in [4.78, 5) is 28.4. The quantitative estimate of drug-likeness (QED) is 0.286. The van der Waals surface area contributed by atoms with E-state index in [-0.39, 0.29) is 5.78 Å². The van der Waals surface area contributed by atoms with Gasteiger partial charge in [-0.05, 0) is 36.4 Å². The summed E-state index contributed by atoms with van der Waals surface area (Å²) >= 11 is 14.1. The predicted octanol–water partition coefficient (Wildman–Crippen LogP) is 4.14. The van der Waals surface area contributed by atoms with E-state index in [1.807, 2.05) is 0 Å². The van der Waals surface area contributed by atoms with Crippen molar-refractivity contribution in [3.63, 3.8) is 0 Å². The molecule has 24 heavy (non-hydrogen) atoms. The molecule has 0 N–H and O–H groups in total. The number of ketones is 1. The van der Waals surface area contributed by atoms with E-state index in [2.05, 4.69) is 19.9 Å². The number of aromatic nitrogens is 4. The van der Waals surface area contributed by atoms with Crippen LogP contribution in [-0.4, -0.2) is 36.1 Å². The summed E-state index contributed by atoms with van der Waals surface area (Å²) in [6.45, 7) is 0. The lowest BCUT2D eigenvalue weighted by molar-refractivity contribution is -0.110. The first kappa shape index (κ1) is 18.9. The molecule has 2 rings (SSSR count). The van der Waals surface area contributed by atoms with Crippen LogP contribution in [0.2, 0.25) is 0 Å². The second-order valence-electron chi connectivity index (χ2n) is 4.11. The van der Waals surface area contributed by atoms with Gasteiger partial charge in [-0.2, -0.15) is 0 Å². The molecule has 2 aromatic heterocycles. The van der Waals surface area contributed by atoms with E-state index >= 15 is 0 Å². The van der Waals surface area contributed by atoms with Crippen LogP contribution in [0.3, 0.4) is 0 Å². The standard InChI is InChI=1S/C15H12Cl2N4OS2/c16-8-23-14-5-6-18-13(21-14)4-3-12(22)2-1-11-7-15(24-9-17)20-10-19-11/h1-7,10H,8-9H2. The molecule has 5 nitrogen and oxygen atoms in total. The number of allylic oxidation sites excluding steroid dienone is 2. The number of thioether (sulfide) groups is 2. The molecule has 0 aromatic carbocycles. The average Bonchev–Trinajstić information content (AvgIpc) is 2.59. The predicted molar refractivity (Wildman–Crippen MR) is 100 cm³/mol. The van der Waals surface area contributed by atoms with Crippen LogP contribution in [0.4, 0.5) is 0 Å². The molecule has 0 bridgehead atoms. The van der Waals surface area contributed by atoms with Crippen molar-refractivity contribution in [2.45, 2.75) is 10.1 Å². The minimum Gasteiger partial charge on any atom is -0.290 e. The highest BCUT2D eigenvalue weighted by Gasteiger charge is 1.99. The fourth-order valence-electron chi connectivity index (χ4n) is 1.53. The van der Waals surface area contributed by atoms with Crippen molar-refractivity contribution < 1.29 is 4.79 Å². The van der Waals surface area contributed by atoms with Crippen molar-refractivity contribution in [1.29, 1.82) is 0 Å². The summed E-state index contributed by atoms with van der Waals surface area (Å²) in [7, 11) is 0. The zero-order chi connectivity index (χ0) is 17.2. The van der Waals surface area contributed by atoms with Gasteiger partial charge in [-0.15, -0.1) is 23.2 Å². The number of hydrogen-bond acceptors (Lipinski definition) is 7. The highest BCUT2D eigenvalue weighted by atomic mass is 35.5. The van der Waals surface area contributed by atoms with E-state index in [0.717, 1.165) is 10.1 Å². The van der Waals surface area contributed by atoms with Gasteiger partial charge in [0.05, 0.1) is 16.1 Å². The van der Waals surface area contributed by atoms with Crippen LogP contribution in [0, 0.1) is 0 Å². The third kappa shape index (κ3) is 6.60. The van der Waals surface area contributed by atoms with Gasteiger partial charge in [-0.1, -0.05) is 23.5 Å². The van der Waals surface area contributed by atoms with Gasteiger partial charge in [-0.25, -0.2) is 19.9 Å². The number of rotatable bonds is 8. The topological polar surface area (TPSA) is 68.6 Å². The van der Waals surface area contributed by atoms with Crippen LogP contribution in [0.25, 0.3) is 12.2 Å². The maximum Gasteiger partial charge on any atom is 0.178 e. The molecule has 0 aliphatic heterocycles. The van der Waals surface area contributed by atoms with Crippen LogP contribution in [0.5, 0.6) is 0 Å². The molecule has 0 fully saturated rings. The van der Waals surface area contributed by atoms with E-state index < -0.39 is 0 Å². The first-order valence-corrected chi connectivity index (χ1v) is 9.68. The van der Waals surface area contributed by atoms with Gasteiger partial charge in [0.25, 0.3) is 0 Å². The van der Waals surface area contributed by atoms with E-state index in [1.165, 1.54) is 42.0 Å². The highest BCUT2D eigenvalue weighted by molar-refractivity contribution is 8.00. The van der Waals surface area contributed by atoms with Crippen LogP contribution in [0.15, 0.2) is 46.9 Å². The van der Waals surface area contributed by atoms with Crippen molar-refractivity contribution in [3.05, 3.63) is 48.3 Å². The first-order chi connectivity index (χ1) is 11.7. The van der Waals surface area contributed by atoms with Gasteiger partial charge in [0.1, 0.15) is 16.4 Å². The van der Waals surface area contributed by atoms with Crippen LogP contribution < -0.4 is 0 Å². The van der Waals surface area contributed by atoms with Crippen LogP contribution >= 0.6 is 46.7 Å². The summed E-state index contributed by atoms with van der Waals surface area (Å²) in [5.41, 5.74) is 0.635. The van der Waals surface area contributed by atoms with Crippen molar-refractivity contribution >= 4 is 64.7 Å². The fraction of sp³-hybridized carbons (Fsp3) is 0.133. The minimum atomic E-state index is -0.195. The van der Waals surface area contributed by atoms with Crippen LogP contribution in [0.1, 0.15) is 11.5 Å². The third-order valence-electron chi connectivity index (χ3n) is 2.53. The summed E-state index contributed by atoms with van der Waals surface area (Å²) in [6.07, 6.45) is 9.05. The molecule has 0 atom stereocenters. The molecule has 0 amide bonds. The van der Waals surface area contributed by atoms with Gasteiger partial charge in [0.15, 0.2) is 11.6 Å². The average molecular weight is 399 g/mol. The molecule has 0 unspecified atom stereocenters. The van der Waals surface area contributed by atoms with E-state index in [0.29, 0.717) is 21.9 Å². The lowest BCUT2D eigenvalue weighted by Gasteiger charge is -1.97. The number of halogens is 2. The number of alkyl halides is 2. The molecule has 0 aliphatic rings. The normalized spacial score (nSPS) is 11.4. The summed E-state index contributed by atoms with van der Waals surface area (Å²) in [5.74, 6) is 0.258. The monoisotopic (exact) mass is 398 g/mol. The first-order valence-electron chi connectivity index (χ1n) is 6.64. The molecule has 124 valence electrons. The lowest BCUT2D eigenvalue weighted by Crippen LogP contribution is -1.91. The number of carbonyl (C=O) groups excluding carboxylic acids is 1. The van der Waals surface area contributed by atoms with Gasteiger partial charge in [-0.3, -0.25) is 4.79 Å². The smallest absolute Gasteiger partial charge is 0.178 e. The molecule has 0 spiro atoms. The Hall–Kier alpha value is -1.41. The molecule has 9 heteroatoms. The summed E-state index contributed by atoms with van der Waals surface area (Å²) in [5, 5.41) is 2.32. The van der Waals surface area contributed by atoms with Crippen molar-refractivity contribution in [2.75, 3.05) is 10.4 Å². The van der Waals surface area contributed by atoms with Crippen molar-refractivity contribution in [3.8, 4) is 0 Å². The van der Waals surface area contributed by atoms with Gasteiger partial charge in [0.2, 0.25) is 0 Å². The SMILES string of the molecule is O=C(C=Cc1cc(SCCl)ncn1)C=Cc1nccc(SCCl)n1. The Balaban J connectivity index is 1.99. The molecule has 0 aliphatic carbocycles. The Morgan fingerprint density at radius 2 is 1.79 bits per heavy atom.